The SMILES string of the molecule is CC(C)(C)S(=O)c1nc2ccccc2s1. The van der Waals surface area contributed by atoms with Crippen molar-refractivity contribution in [1.82, 2.24) is 4.98 Å². The third kappa shape index (κ3) is 2.11. The highest BCUT2D eigenvalue weighted by Crippen LogP contribution is 2.28. The van der Waals surface area contributed by atoms with Crippen molar-refractivity contribution in [3.63, 3.8) is 0 Å². The van der Waals surface area contributed by atoms with E-state index in [0.29, 0.717) is 0 Å². The summed E-state index contributed by atoms with van der Waals surface area (Å²) in [6, 6.07) is 7.89. The lowest BCUT2D eigenvalue weighted by Crippen LogP contribution is -2.21. The Morgan fingerprint density at radius 2 is 1.93 bits per heavy atom. The largest absolute Gasteiger partial charge is 0.251 e. The van der Waals surface area contributed by atoms with Crippen molar-refractivity contribution in [2.24, 2.45) is 0 Å². The van der Waals surface area contributed by atoms with E-state index in [0.717, 1.165) is 14.6 Å². The maximum absolute atomic E-state index is 12.1. The molecule has 0 aliphatic heterocycles. The number of fused-ring (bicyclic) bond motifs is 1. The van der Waals surface area contributed by atoms with E-state index in [2.05, 4.69) is 4.98 Å². The Morgan fingerprint density at radius 3 is 2.53 bits per heavy atom. The molecule has 2 aromatic rings. The van der Waals surface area contributed by atoms with Gasteiger partial charge >= 0.3 is 0 Å². The minimum absolute atomic E-state index is 0.242. The van der Waals surface area contributed by atoms with E-state index in [1.807, 2.05) is 45.0 Å². The standard InChI is InChI=1S/C11H13NOS2/c1-11(2,3)15(13)10-12-8-6-4-5-7-9(8)14-10/h4-7H,1-3H3. The van der Waals surface area contributed by atoms with Crippen molar-refractivity contribution in [1.29, 1.82) is 0 Å². The molecule has 1 aromatic carbocycles. The molecule has 0 radical (unpaired) electrons. The quantitative estimate of drug-likeness (QED) is 0.765. The average molecular weight is 239 g/mol. The predicted octanol–water partition coefficient (Wildman–Crippen LogP) is 3.20. The van der Waals surface area contributed by atoms with Crippen LogP contribution >= 0.6 is 11.3 Å². The van der Waals surface area contributed by atoms with Crippen molar-refractivity contribution in [2.45, 2.75) is 29.9 Å². The van der Waals surface area contributed by atoms with E-state index in [9.17, 15) is 4.21 Å². The van der Waals surface area contributed by atoms with Crippen molar-refractivity contribution >= 4 is 32.4 Å². The van der Waals surface area contributed by atoms with Gasteiger partial charge in [-0.3, -0.25) is 4.21 Å². The zero-order valence-corrected chi connectivity index (χ0v) is 10.6. The van der Waals surface area contributed by atoms with Gasteiger partial charge in [-0.2, -0.15) is 0 Å². The summed E-state index contributed by atoms with van der Waals surface area (Å²) in [6.07, 6.45) is 0. The van der Waals surface area contributed by atoms with Gasteiger partial charge in [0.2, 0.25) is 0 Å². The normalized spacial score (nSPS) is 14.3. The maximum Gasteiger partial charge on any atom is 0.182 e. The number of rotatable bonds is 1. The highest BCUT2D eigenvalue weighted by molar-refractivity contribution is 7.88. The van der Waals surface area contributed by atoms with Crippen LogP contribution in [0.4, 0.5) is 0 Å². The molecule has 0 bridgehead atoms. The van der Waals surface area contributed by atoms with E-state index in [1.54, 1.807) is 0 Å². The van der Waals surface area contributed by atoms with Gasteiger partial charge in [0.05, 0.1) is 21.0 Å². The molecule has 0 saturated carbocycles. The molecule has 0 fully saturated rings. The van der Waals surface area contributed by atoms with Crippen LogP contribution in [0.25, 0.3) is 10.2 Å². The average Bonchev–Trinajstić information content (AvgIpc) is 2.58. The molecule has 1 aromatic heterocycles. The molecule has 1 unspecified atom stereocenters. The Morgan fingerprint density at radius 1 is 1.27 bits per heavy atom. The second-order valence-electron chi connectivity index (χ2n) is 4.33. The van der Waals surface area contributed by atoms with Crippen LogP contribution in [0.2, 0.25) is 0 Å². The third-order valence-corrected chi connectivity index (χ3v) is 5.05. The number of nitrogens with zero attached hydrogens (tertiary/aromatic N) is 1. The zero-order valence-electron chi connectivity index (χ0n) is 8.98. The lowest BCUT2D eigenvalue weighted by atomic mass is 10.3. The first-order valence-corrected chi connectivity index (χ1v) is 6.72. The third-order valence-electron chi connectivity index (χ3n) is 1.99. The molecule has 80 valence electrons. The van der Waals surface area contributed by atoms with Crippen molar-refractivity contribution in [3.05, 3.63) is 24.3 Å². The van der Waals surface area contributed by atoms with E-state index < -0.39 is 10.8 Å². The summed E-state index contributed by atoms with van der Waals surface area (Å²) in [5.74, 6) is 0. The first-order chi connectivity index (χ1) is 6.98. The first-order valence-electron chi connectivity index (χ1n) is 4.76. The monoisotopic (exact) mass is 239 g/mol. The highest BCUT2D eigenvalue weighted by atomic mass is 32.2. The van der Waals surface area contributed by atoms with Crippen LogP contribution in [0.15, 0.2) is 28.6 Å². The Balaban J connectivity index is 2.50. The molecule has 1 atom stereocenters. The molecule has 0 aliphatic rings. The summed E-state index contributed by atoms with van der Waals surface area (Å²) >= 11 is 1.52. The smallest absolute Gasteiger partial charge is 0.182 e. The molecule has 0 amide bonds. The number of hydrogen-bond donors (Lipinski definition) is 0. The molecule has 2 rings (SSSR count). The number of benzene rings is 1. The number of aromatic nitrogens is 1. The summed E-state index contributed by atoms with van der Waals surface area (Å²) in [4.78, 5) is 4.40. The molecule has 1 heterocycles. The van der Waals surface area contributed by atoms with Crippen LogP contribution in [-0.2, 0) is 10.8 Å². The minimum Gasteiger partial charge on any atom is -0.251 e. The Bertz CT molecular complexity index is 478. The molecule has 0 aliphatic carbocycles. The zero-order chi connectivity index (χ0) is 11.1. The van der Waals surface area contributed by atoms with Gasteiger partial charge in [0.1, 0.15) is 0 Å². The fourth-order valence-corrected chi connectivity index (χ4v) is 3.92. The topological polar surface area (TPSA) is 30.0 Å². The predicted molar refractivity (Wildman–Crippen MR) is 65.8 cm³/mol. The van der Waals surface area contributed by atoms with Crippen LogP contribution in [0.5, 0.6) is 0 Å². The number of hydrogen-bond acceptors (Lipinski definition) is 3. The van der Waals surface area contributed by atoms with Crippen molar-refractivity contribution < 1.29 is 4.21 Å². The molecule has 0 saturated heterocycles. The Kier molecular flexibility index (Phi) is 2.64. The van der Waals surface area contributed by atoms with Crippen LogP contribution in [0.1, 0.15) is 20.8 Å². The van der Waals surface area contributed by atoms with Gasteiger partial charge in [-0.15, -0.1) is 11.3 Å². The Labute approximate surface area is 95.8 Å². The highest BCUT2D eigenvalue weighted by Gasteiger charge is 2.24. The first kappa shape index (κ1) is 10.8. The van der Waals surface area contributed by atoms with Crippen molar-refractivity contribution in [2.75, 3.05) is 0 Å². The van der Waals surface area contributed by atoms with Gasteiger partial charge in [0, 0.05) is 4.75 Å². The van der Waals surface area contributed by atoms with Crippen LogP contribution < -0.4 is 0 Å². The van der Waals surface area contributed by atoms with Gasteiger partial charge < -0.3 is 0 Å². The van der Waals surface area contributed by atoms with Gasteiger partial charge in [-0.25, -0.2) is 4.98 Å². The molecule has 2 nitrogen and oxygen atoms in total. The summed E-state index contributed by atoms with van der Waals surface area (Å²) < 4.78 is 13.7. The fourth-order valence-electron chi connectivity index (χ4n) is 1.19. The van der Waals surface area contributed by atoms with Crippen LogP contribution in [-0.4, -0.2) is 13.9 Å². The Hall–Kier alpha value is -0.740. The van der Waals surface area contributed by atoms with Crippen LogP contribution in [0, 0.1) is 0 Å². The number of para-hydroxylation sites is 1. The lowest BCUT2D eigenvalue weighted by Gasteiger charge is -2.14. The van der Waals surface area contributed by atoms with Gasteiger partial charge in [-0.05, 0) is 32.9 Å². The number of thiazole rings is 1. The second kappa shape index (κ2) is 3.68. The van der Waals surface area contributed by atoms with E-state index >= 15 is 0 Å². The molecule has 0 spiro atoms. The van der Waals surface area contributed by atoms with Crippen molar-refractivity contribution in [3.8, 4) is 0 Å². The summed E-state index contributed by atoms with van der Waals surface area (Å²) in [6.45, 7) is 5.90. The van der Waals surface area contributed by atoms with Gasteiger partial charge in [0.15, 0.2) is 4.34 Å². The fraction of sp³-hybridized carbons (Fsp3) is 0.364. The van der Waals surface area contributed by atoms with Gasteiger partial charge in [0.25, 0.3) is 0 Å². The lowest BCUT2D eigenvalue weighted by molar-refractivity contribution is 0.648. The van der Waals surface area contributed by atoms with Gasteiger partial charge in [-0.1, -0.05) is 12.1 Å². The minimum atomic E-state index is -1.03. The second-order valence-corrected chi connectivity index (χ2v) is 7.77. The molecular formula is C11H13NOS2. The molecule has 15 heavy (non-hydrogen) atoms. The van der Waals surface area contributed by atoms with E-state index in [-0.39, 0.29) is 4.75 Å². The van der Waals surface area contributed by atoms with Crippen LogP contribution in [0.3, 0.4) is 0 Å². The molecule has 4 heteroatoms. The summed E-state index contributed by atoms with van der Waals surface area (Å²) in [5.41, 5.74) is 0.940. The summed E-state index contributed by atoms with van der Waals surface area (Å²) in [7, 11) is -1.03. The molecule has 0 N–H and O–H groups in total. The van der Waals surface area contributed by atoms with E-state index in [4.69, 9.17) is 0 Å². The summed E-state index contributed by atoms with van der Waals surface area (Å²) in [5, 5.41) is 0. The molecular weight excluding hydrogens is 226 g/mol. The maximum atomic E-state index is 12.1. The van der Waals surface area contributed by atoms with E-state index in [1.165, 1.54) is 11.3 Å².